The van der Waals surface area contributed by atoms with E-state index in [1.165, 1.54) is 6.20 Å². The summed E-state index contributed by atoms with van der Waals surface area (Å²) in [6, 6.07) is 12.7. The number of fused-ring (bicyclic) bond motifs is 1. The summed E-state index contributed by atoms with van der Waals surface area (Å²) < 4.78 is 2.88. The molecule has 1 N–H and O–H groups in total. The number of hydrogen-bond donors (Lipinski definition) is 1. The Morgan fingerprint density at radius 3 is 2.79 bits per heavy atom. The zero-order valence-electron chi connectivity index (χ0n) is 14.9. The second-order valence-electron chi connectivity index (χ2n) is 6.26. The van der Waals surface area contributed by atoms with Gasteiger partial charge in [-0.15, -0.1) is 0 Å². The molecule has 0 bridgehead atoms. The zero-order valence-corrected chi connectivity index (χ0v) is 14.9. The molecule has 4 rings (SSSR count). The van der Waals surface area contributed by atoms with Gasteiger partial charge in [-0.1, -0.05) is 24.3 Å². The predicted octanol–water partition coefficient (Wildman–Crippen LogP) is 2.62. The number of benzene rings is 1. The Morgan fingerprint density at radius 1 is 1.18 bits per heavy atom. The van der Waals surface area contributed by atoms with E-state index in [1.807, 2.05) is 37.5 Å². The lowest BCUT2D eigenvalue weighted by atomic mass is 10.1. The van der Waals surface area contributed by atoms with Gasteiger partial charge < -0.3 is 5.32 Å². The number of nitrogens with one attached hydrogen (secondary N) is 1. The normalized spacial score (nSPS) is 10.9. The minimum absolute atomic E-state index is 0.0482. The van der Waals surface area contributed by atoms with Crippen molar-refractivity contribution in [2.45, 2.75) is 6.54 Å². The van der Waals surface area contributed by atoms with Crippen molar-refractivity contribution in [3.63, 3.8) is 0 Å². The van der Waals surface area contributed by atoms with Gasteiger partial charge in [-0.2, -0.15) is 5.10 Å². The lowest BCUT2D eigenvalue weighted by Gasteiger charge is -2.09. The van der Waals surface area contributed by atoms with Crippen LogP contribution in [0.5, 0.6) is 0 Å². The van der Waals surface area contributed by atoms with Crippen LogP contribution in [0.3, 0.4) is 0 Å². The van der Waals surface area contributed by atoms with Gasteiger partial charge in [-0.3, -0.25) is 24.0 Å². The Hall–Kier alpha value is -4.01. The summed E-state index contributed by atoms with van der Waals surface area (Å²) in [6.45, 7) is 0.282. The second-order valence-corrected chi connectivity index (χ2v) is 6.26. The lowest BCUT2D eigenvalue weighted by Crippen LogP contribution is -2.21. The summed E-state index contributed by atoms with van der Waals surface area (Å²) in [5.41, 5.74) is 1.88. The van der Waals surface area contributed by atoms with Crippen molar-refractivity contribution in [3.8, 4) is 11.1 Å². The van der Waals surface area contributed by atoms with Crippen molar-refractivity contribution < 1.29 is 4.92 Å². The van der Waals surface area contributed by atoms with Gasteiger partial charge in [0.1, 0.15) is 5.65 Å². The van der Waals surface area contributed by atoms with Crippen LogP contribution >= 0.6 is 0 Å². The molecule has 0 spiro atoms. The van der Waals surface area contributed by atoms with Crippen LogP contribution in [-0.4, -0.2) is 24.1 Å². The van der Waals surface area contributed by atoms with Crippen LogP contribution in [0.4, 0.5) is 11.5 Å². The molecule has 9 heteroatoms. The van der Waals surface area contributed by atoms with E-state index < -0.39 is 16.2 Å². The first kappa shape index (κ1) is 17.4. The van der Waals surface area contributed by atoms with Gasteiger partial charge in [0.2, 0.25) is 5.82 Å². The molecule has 28 heavy (non-hydrogen) atoms. The van der Waals surface area contributed by atoms with Crippen LogP contribution in [0, 0.1) is 10.1 Å². The number of pyridine rings is 1. The average Bonchev–Trinajstić information content (AvgIpc) is 3.13. The van der Waals surface area contributed by atoms with E-state index in [0.717, 1.165) is 21.1 Å². The molecule has 0 amide bonds. The Kier molecular flexibility index (Phi) is 4.32. The molecule has 0 saturated carbocycles. The first-order valence-corrected chi connectivity index (χ1v) is 8.50. The van der Waals surface area contributed by atoms with Crippen LogP contribution in [-0.2, 0) is 13.6 Å². The highest BCUT2D eigenvalue weighted by Gasteiger charge is 2.23. The summed E-state index contributed by atoms with van der Waals surface area (Å²) in [5, 5.41) is 18.5. The minimum Gasteiger partial charge on any atom is -0.360 e. The fourth-order valence-corrected chi connectivity index (χ4v) is 2.98. The Labute approximate surface area is 159 Å². The maximum atomic E-state index is 12.5. The minimum atomic E-state index is -0.720. The van der Waals surface area contributed by atoms with Crippen molar-refractivity contribution in [1.29, 1.82) is 0 Å². The zero-order chi connectivity index (χ0) is 19.7. The van der Waals surface area contributed by atoms with Gasteiger partial charge in [0, 0.05) is 31.5 Å². The van der Waals surface area contributed by atoms with Crippen LogP contribution < -0.4 is 10.9 Å². The number of aryl methyl sites for hydroxylation is 1. The maximum Gasteiger partial charge on any atom is 0.376 e. The monoisotopic (exact) mass is 376 g/mol. The van der Waals surface area contributed by atoms with Crippen LogP contribution in [0.2, 0.25) is 0 Å². The molecule has 0 atom stereocenters. The van der Waals surface area contributed by atoms with E-state index in [9.17, 15) is 14.9 Å². The Morgan fingerprint density at radius 2 is 2.04 bits per heavy atom. The van der Waals surface area contributed by atoms with Crippen LogP contribution in [0.1, 0.15) is 5.56 Å². The predicted molar refractivity (Wildman–Crippen MR) is 104 cm³/mol. The molecule has 0 unspecified atom stereocenters. The molecule has 0 saturated heterocycles. The molecule has 4 aromatic rings. The molecule has 9 nitrogen and oxygen atoms in total. The molecule has 1 aromatic carbocycles. The van der Waals surface area contributed by atoms with Gasteiger partial charge >= 0.3 is 11.2 Å². The van der Waals surface area contributed by atoms with Gasteiger partial charge in [-0.25, -0.2) is 4.98 Å². The van der Waals surface area contributed by atoms with Crippen LogP contribution in [0.25, 0.3) is 16.8 Å². The van der Waals surface area contributed by atoms with Gasteiger partial charge in [0.15, 0.2) is 0 Å². The first-order chi connectivity index (χ1) is 13.5. The highest BCUT2D eigenvalue weighted by molar-refractivity contribution is 5.63. The molecule has 140 valence electrons. The summed E-state index contributed by atoms with van der Waals surface area (Å²) in [5.74, 6) is -0.0482. The molecule has 0 fully saturated rings. The first-order valence-electron chi connectivity index (χ1n) is 8.50. The molecule has 0 aliphatic rings. The van der Waals surface area contributed by atoms with Gasteiger partial charge in [-0.05, 0) is 29.3 Å². The largest absolute Gasteiger partial charge is 0.376 e. The summed E-state index contributed by atoms with van der Waals surface area (Å²) >= 11 is 0. The van der Waals surface area contributed by atoms with Crippen molar-refractivity contribution in [1.82, 2.24) is 19.2 Å². The highest BCUT2D eigenvalue weighted by Crippen LogP contribution is 2.22. The average molecular weight is 376 g/mol. The highest BCUT2D eigenvalue weighted by atomic mass is 16.6. The SMILES string of the molecule is Cn1cc(-c2cccc(CNc3nc4ccccn4c(=O)c3[N+](=O)[O-])c2)cn1. The van der Waals surface area contributed by atoms with Crippen molar-refractivity contribution in [3.05, 3.63) is 87.1 Å². The number of anilines is 1. The van der Waals surface area contributed by atoms with Gasteiger partial charge in [0.05, 0.1) is 11.1 Å². The molecule has 3 heterocycles. The van der Waals surface area contributed by atoms with E-state index in [0.29, 0.717) is 5.65 Å². The Balaban J connectivity index is 1.67. The van der Waals surface area contributed by atoms with E-state index >= 15 is 0 Å². The quantitative estimate of drug-likeness (QED) is 0.424. The second kappa shape index (κ2) is 6.95. The molecule has 0 aliphatic carbocycles. The molecule has 0 radical (unpaired) electrons. The fourth-order valence-electron chi connectivity index (χ4n) is 2.98. The molecular weight excluding hydrogens is 360 g/mol. The molecule has 3 aromatic heterocycles. The van der Waals surface area contributed by atoms with E-state index in [-0.39, 0.29) is 12.4 Å². The summed E-state index contributed by atoms with van der Waals surface area (Å²) in [4.78, 5) is 27.5. The summed E-state index contributed by atoms with van der Waals surface area (Å²) in [7, 11) is 1.85. The van der Waals surface area contributed by atoms with Crippen molar-refractivity contribution in [2.75, 3.05) is 5.32 Å². The molecule has 0 aliphatic heterocycles. The maximum absolute atomic E-state index is 12.5. The third-order valence-corrected chi connectivity index (χ3v) is 4.32. The number of rotatable bonds is 5. The van der Waals surface area contributed by atoms with E-state index in [1.54, 1.807) is 29.1 Å². The number of aromatic nitrogens is 4. The Bertz CT molecular complexity index is 1240. The summed E-state index contributed by atoms with van der Waals surface area (Å²) in [6.07, 6.45) is 5.13. The van der Waals surface area contributed by atoms with Crippen molar-refractivity contribution in [2.24, 2.45) is 7.05 Å². The molecular formula is C19H16N6O3. The third kappa shape index (κ3) is 3.20. The van der Waals surface area contributed by atoms with Crippen molar-refractivity contribution >= 4 is 17.2 Å². The third-order valence-electron chi connectivity index (χ3n) is 4.32. The van der Waals surface area contributed by atoms with Crippen LogP contribution in [0.15, 0.2) is 65.8 Å². The standard InChI is InChI=1S/C19H16N6O3/c1-23-12-15(11-21-23)14-6-4-5-13(9-14)10-20-18-17(25(27)28)19(26)24-8-3-2-7-16(24)22-18/h2-9,11-12,20H,10H2,1H3. The van der Waals surface area contributed by atoms with E-state index in [4.69, 9.17) is 0 Å². The topological polar surface area (TPSA) is 107 Å². The number of hydrogen-bond acceptors (Lipinski definition) is 6. The number of nitro groups is 1. The smallest absolute Gasteiger partial charge is 0.360 e. The van der Waals surface area contributed by atoms with Gasteiger partial charge in [0.25, 0.3) is 0 Å². The fraction of sp³-hybridized carbons (Fsp3) is 0.105. The van der Waals surface area contributed by atoms with E-state index in [2.05, 4.69) is 15.4 Å². The lowest BCUT2D eigenvalue weighted by molar-refractivity contribution is -0.385. The number of nitrogens with zero attached hydrogens (tertiary/aromatic N) is 5.